The minimum atomic E-state index is -6.53. The van der Waals surface area contributed by atoms with E-state index in [1.54, 1.807) is 27.7 Å². The number of ether oxygens (including phenoxy) is 2. The Bertz CT molecular complexity index is 621. The van der Waals surface area contributed by atoms with Crippen LogP contribution >= 0.6 is 0 Å². The van der Waals surface area contributed by atoms with E-state index in [0.717, 1.165) is 6.42 Å². The zero-order valence-electron chi connectivity index (χ0n) is 18.1. The van der Waals surface area contributed by atoms with E-state index >= 15 is 0 Å². The summed E-state index contributed by atoms with van der Waals surface area (Å²) in [6, 6.07) is 0. The van der Waals surface area contributed by atoms with Gasteiger partial charge in [-0.25, -0.2) is 4.79 Å². The van der Waals surface area contributed by atoms with Gasteiger partial charge in [0.1, 0.15) is 0 Å². The van der Waals surface area contributed by atoms with Crippen LogP contribution in [0.25, 0.3) is 0 Å². The third-order valence-electron chi connectivity index (χ3n) is 5.45. The van der Waals surface area contributed by atoms with Crippen molar-refractivity contribution < 1.29 is 49.8 Å². The summed E-state index contributed by atoms with van der Waals surface area (Å²) in [6.07, 6.45) is -5.46. The van der Waals surface area contributed by atoms with Gasteiger partial charge in [-0.15, -0.1) is 0 Å². The van der Waals surface area contributed by atoms with Crippen LogP contribution < -0.4 is 0 Å². The van der Waals surface area contributed by atoms with Crippen LogP contribution in [0, 0.1) is 16.2 Å². The molecule has 0 spiro atoms. The van der Waals surface area contributed by atoms with Crippen LogP contribution in [0.15, 0.2) is 0 Å². The molecule has 1 unspecified atom stereocenters. The van der Waals surface area contributed by atoms with E-state index in [-0.39, 0.29) is 5.41 Å². The largest absolute Gasteiger partial charge is 0.460 e. The summed E-state index contributed by atoms with van der Waals surface area (Å²) in [5, 5.41) is 0. The summed E-state index contributed by atoms with van der Waals surface area (Å²) in [7, 11) is 0. The fourth-order valence-electron chi connectivity index (χ4n) is 2.52. The predicted octanol–water partition coefficient (Wildman–Crippen LogP) is 5.78. The normalized spacial score (nSPS) is 16.1. The van der Waals surface area contributed by atoms with Crippen LogP contribution in [0.4, 0.5) is 30.7 Å². The zero-order valence-corrected chi connectivity index (χ0v) is 18.1. The fraction of sp³-hybridized carbons (Fsp3) is 0.895. The van der Waals surface area contributed by atoms with Crippen LogP contribution in [0.1, 0.15) is 61.3 Å². The smallest absolute Gasteiger partial charge is 0.456 e. The molecule has 0 aliphatic rings. The molecule has 0 aromatic rings. The minimum absolute atomic E-state index is 0.285. The molecule has 4 nitrogen and oxygen atoms in total. The molecule has 0 amide bonds. The Labute approximate surface area is 171 Å². The van der Waals surface area contributed by atoms with Gasteiger partial charge in [0.15, 0.2) is 13.2 Å². The number of carbonyl (C=O) groups excluding carboxylic acids is 2. The van der Waals surface area contributed by atoms with E-state index in [2.05, 4.69) is 4.74 Å². The molecule has 0 radical (unpaired) electrons. The SMILES string of the molecule is CCC(C)(C)CC(C)(C(=O)OCC(=O)OCC(F)(F)C(F)(F)C(F)(F)F)C(C)(C)C. The van der Waals surface area contributed by atoms with Gasteiger partial charge >= 0.3 is 30.0 Å². The topological polar surface area (TPSA) is 52.6 Å². The van der Waals surface area contributed by atoms with Crippen molar-refractivity contribution in [2.24, 2.45) is 16.2 Å². The van der Waals surface area contributed by atoms with Gasteiger partial charge in [0.25, 0.3) is 0 Å². The van der Waals surface area contributed by atoms with Crippen LogP contribution in [-0.4, -0.2) is 43.2 Å². The van der Waals surface area contributed by atoms with Crippen molar-refractivity contribution in [2.75, 3.05) is 13.2 Å². The first-order valence-corrected chi connectivity index (χ1v) is 9.19. The molecule has 30 heavy (non-hydrogen) atoms. The summed E-state index contributed by atoms with van der Waals surface area (Å²) in [5.74, 6) is -14.6. The molecule has 11 heteroatoms. The van der Waals surface area contributed by atoms with Crippen LogP contribution in [0.5, 0.6) is 0 Å². The molecule has 0 aromatic heterocycles. The van der Waals surface area contributed by atoms with Crippen molar-refractivity contribution in [1.82, 2.24) is 0 Å². The van der Waals surface area contributed by atoms with E-state index < -0.39 is 54.0 Å². The minimum Gasteiger partial charge on any atom is -0.456 e. The first-order valence-electron chi connectivity index (χ1n) is 9.19. The molecule has 0 aliphatic heterocycles. The Morgan fingerprint density at radius 1 is 0.800 bits per heavy atom. The van der Waals surface area contributed by atoms with E-state index in [9.17, 15) is 40.3 Å². The van der Waals surface area contributed by atoms with Crippen molar-refractivity contribution in [1.29, 1.82) is 0 Å². The third kappa shape index (κ3) is 6.47. The Kier molecular flexibility index (Phi) is 8.44. The van der Waals surface area contributed by atoms with Gasteiger partial charge in [0.05, 0.1) is 5.41 Å². The predicted molar refractivity (Wildman–Crippen MR) is 94.1 cm³/mol. The highest BCUT2D eigenvalue weighted by Crippen LogP contribution is 2.49. The molecule has 0 N–H and O–H groups in total. The average Bonchev–Trinajstić information content (AvgIpc) is 2.55. The molecule has 0 saturated carbocycles. The van der Waals surface area contributed by atoms with E-state index in [1.807, 2.05) is 20.8 Å². The lowest BCUT2D eigenvalue weighted by atomic mass is 9.60. The third-order valence-corrected chi connectivity index (χ3v) is 5.45. The molecule has 1 atom stereocenters. The van der Waals surface area contributed by atoms with Crippen LogP contribution in [0.2, 0.25) is 0 Å². The number of carbonyl (C=O) groups is 2. The summed E-state index contributed by atoms with van der Waals surface area (Å²) in [5.41, 5.74) is -2.03. The van der Waals surface area contributed by atoms with Crippen LogP contribution in [0.3, 0.4) is 0 Å². The number of rotatable bonds is 9. The van der Waals surface area contributed by atoms with Gasteiger partial charge in [-0.3, -0.25) is 4.79 Å². The Balaban J connectivity index is 5.14. The fourth-order valence-corrected chi connectivity index (χ4v) is 2.52. The van der Waals surface area contributed by atoms with E-state index in [1.165, 1.54) is 0 Å². The van der Waals surface area contributed by atoms with E-state index in [4.69, 9.17) is 4.74 Å². The lowest BCUT2D eigenvalue weighted by Gasteiger charge is -2.44. The van der Waals surface area contributed by atoms with Gasteiger partial charge < -0.3 is 9.47 Å². The molecule has 0 aliphatic carbocycles. The summed E-state index contributed by atoms with van der Waals surface area (Å²) < 4.78 is 96.8. The zero-order chi connectivity index (χ0) is 24.4. The lowest BCUT2D eigenvalue weighted by molar-refractivity contribution is -0.359. The average molecular weight is 454 g/mol. The number of esters is 2. The highest BCUT2D eigenvalue weighted by atomic mass is 19.4. The van der Waals surface area contributed by atoms with Gasteiger partial charge in [-0.1, -0.05) is 48.0 Å². The number of hydrogen-bond acceptors (Lipinski definition) is 4. The van der Waals surface area contributed by atoms with Crippen molar-refractivity contribution in [3.63, 3.8) is 0 Å². The standard InChI is InChI=1S/C19H29F7O4/c1-8-15(5,6)10-16(7,14(2,3)4)13(28)29-9-12(27)30-11-17(20,21)18(22,23)19(24,25)26/h8-11H2,1-7H3. The van der Waals surface area contributed by atoms with Crippen molar-refractivity contribution in [3.8, 4) is 0 Å². The molecule has 0 saturated heterocycles. The van der Waals surface area contributed by atoms with Crippen molar-refractivity contribution >= 4 is 11.9 Å². The Hall–Kier alpha value is -1.55. The Morgan fingerprint density at radius 2 is 1.27 bits per heavy atom. The maximum absolute atomic E-state index is 13.2. The number of alkyl halides is 7. The lowest BCUT2D eigenvalue weighted by Crippen LogP contribution is -2.54. The van der Waals surface area contributed by atoms with Crippen LogP contribution in [-0.2, 0) is 19.1 Å². The monoisotopic (exact) mass is 454 g/mol. The van der Waals surface area contributed by atoms with Crippen molar-refractivity contribution in [3.05, 3.63) is 0 Å². The molecular formula is C19H29F7O4. The summed E-state index contributed by atoms with van der Waals surface area (Å²) >= 11 is 0. The maximum Gasteiger partial charge on any atom is 0.460 e. The first kappa shape index (κ1) is 28.5. The second-order valence-corrected chi connectivity index (χ2v) is 9.29. The van der Waals surface area contributed by atoms with Gasteiger partial charge in [-0.2, -0.15) is 30.7 Å². The molecular weight excluding hydrogens is 425 g/mol. The summed E-state index contributed by atoms with van der Waals surface area (Å²) in [6.45, 7) is 8.93. The first-order chi connectivity index (χ1) is 13.0. The van der Waals surface area contributed by atoms with Gasteiger partial charge in [0, 0.05) is 0 Å². The van der Waals surface area contributed by atoms with Gasteiger partial charge in [-0.05, 0) is 24.2 Å². The Morgan fingerprint density at radius 3 is 1.63 bits per heavy atom. The highest BCUT2D eigenvalue weighted by molar-refractivity contribution is 5.81. The molecule has 178 valence electrons. The van der Waals surface area contributed by atoms with Gasteiger partial charge in [0.2, 0.25) is 0 Å². The highest BCUT2D eigenvalue weighted by Gasteiger charge is 2.73. The quantitative estimate of drug-likeness (QED) is 0.327. The maximum atomic E-state index is 13.2. The number of halogens is 7. The molecule has 0 aromatic carbocycles. The molecule has 0 fully saturated rings. The number of hydrogen-bond donors (Lipinski definition) is 0. The summed E-state index contributed by atoms with van der Waals surface area (Å²) in [4.78, 5) is 24.2. The molecule has 0 bridgehead atoms. The van der Waals surface area contributed by atoms with E-state index in [0.29, 0.717) is 6.42 Å². The van der Waals surface area contributed by atoms with Crippen molar-refractivity contribution in [2.45, 2.75) is 79.3 Å². The second kappa shape index (κ2) is 8.90. The molecule has 0 heterocycles. The second-order valence-electron chi connectivity index (χ2n) is 9.29. The molecule has 0 rings (SSSR count).